The Labute approximate surface area is 101 Å². The Balaban J connectivity index is 2.60. The van der Waals surface area contributed by atoms with Gasteiger partial charge >= 0.3 is 0 Å². The number of unbranched alkanes of at least 4 members (excludes halogenated alkanes) is 1. The lowest BCUT2D eigenvalue weighted by atomic mass is 10.1. The van der Waals surface area contributed by atoms with E-state index >= 15 is 0 Å². The van der Waals surface area contributed by atoms with Crippen molar-refractivity contribution in [1.82, 2.24) is 4.90 Å². The molecular formula is C13H19NO3. The summed E-state index contributed by atoms with van der Waals surface area (Å²) in [6.45, 7) is 3.31. The maximum absolute atomic E-state index is 11.8. The van der Waals surface area contributed by atoms with E-state index in [9.17, 15) is 9.90 Å². The van der Waals surface area contributed by atoms with Gasteiger partial charge < -0.3 is 10.2 Å². The van der Waals surface area contributed by atoms with Gasteiger partial charge in [0.05, 0.1) is 6.54 Å². The highest BCUT2D eigenvalue weighted by atomic mass is 16.3. The zero-order valence-electron chi connectivity index (χ0n) is 10.3. The monoisotopic (exact) mass is 237 g/mol. The van der Waals surface area contributed by atoms with Crippen molar-refractivity contribution in [3.63, 3.8) is 0 Å². The first kappa shape index (κ1) is 13.5. The number of aromatic hydroxyl groups is 2. The molecule has 17 heavy (non-hydrogen) atoms. The summed E-state index contributed by atoms with van der Waals surface area (Å²) >= 11 is 0. The highest BCUT2D eigenvalue weighted by Crippen LogP contribution is 2.25. The fourth-order valence-electron chi connectivity index (χ4n) is 1.54. The van der Waals surface area contributed by atoms with Crippen LogP contribution in [0.15, 0.2) is 18.2 Å². The lowest BCUT2D eigenvalue weighted by molar-refractivity contribution is 0.0945. The van der Waals surface area contributed by atoms with E-state index in [1.165, 1.54) is 18.2 Å². The number of Topliss-reactive ketones (excluding diaryl/α,β-unsaturated/α-hetero) is 1. The average molecular weight is 237 g/mol. The number of benzene rings is 1. The molecule has 0 radical (unpaired) electrons. The van der Waals surface area contributed by atoms with Gasteiger partial charge in [-0.3, -0.25) is 9.69 Å². The molecule has 4 heteroatoms. The van der Waals surface area contributed by atoms with Crippen molar-refractivity contribution in [2.45, 2.75) is 19.8 Å². The number of phenolic OH excluding ortho intramolecular Hbond substituents is 2. The molecular weight excluding hydrogens is 218 g/mol. The van der Waals surface area contributed by atoms with Crippen LogP contribution in [-0.4, -0.2) is 41.0 Å². The van der Waals surface area contributed by atoms with Crippen LogP contribution in [0.5, 0.6) is 11.5 Å². The van der Waals surface area contributed by atoms with Crippen molar-refractivity contribution >= 4 is 5.78 Å². The van der Waals surface area contributed by atoms with Crippen molar-refractivity contribution in [2.24, 2.45) is 0 Å². The maximum atomic E-state index is 11.8. The molecule has 0 aliphatic heterocycles. The number of carbonyl (C=O) groups is 1. The Morgan fingerprint density at radius 1 is 1.29 bits per heavy atom. The molecule has 0 fully saturated rings. The Morgan fingerprint density at radius 3 is 2.59 bits per heavy atom. The molecule has 1 aromatic carbocycles. The molecule has 0 unspecified atom stereocenters. The number of nitrogens with zero attached hydrogens (tertiary/aromatic N) is 1. The second kappa shape index (κ2) is 6.25. The van der Waals surface area contributed by atoms with Crippen LogP contribution >= 0.6 is 0 Å². The summed E-state index contributed by atoms with van der Waals surface area (Å²) in [7, 11) is 1.90. The predicted octanol–water partition coefficient (Wildman–Crippen LogP) is 2.01. The first-order valence-corrected chi connectivity index (χ1v) is 5.78. The van der Waals surface area contributed by atoms with E-state index in [0.29, 0.717) is 12.1 Å². The van der Waals surface area contributed by atoms with E-state index in [-0.39, 0.29) is 17.3 Å². The number of hydrogen-bond acceptors (Lipinski definition) is 4. The summed E-state index contributed by atoms with van der Waals surface area (Å²) in [5.41, 5.74) is 0.420. The molecule has 4 nitrogen and oxygen atoms in total. The largest absolute Gasteiger partial charge is 0.504 e. The van der Waals surface area contributed by atoms with Crippen LogP contribution < -0.4 is 0 Å². The molecule has 0 saturated carbocycles. The predicted molar refractivity (Wildman–Crippen MR) is 66.5 cm³/mol. The van der Waals surface area contributed by atoms with Crippen molar-refractivity contribution in [2.75, 3.05) is 20.1 Å². The molecule has 0 bridgehead atoms. The lowest BCUT2D eigenvalue weighted by Crippen LogP contribution is -2.26. The van der Waals surface area contributed by atoms with Gasteiger partial charge in [0, 0.05) is 5.56 Å². The quantitative estimate of drug-likeness (QED) is 0.587. The molecule has 2 N–H and O–H groups in total. The molecule has 0 aromatic heterocycles. The normalized spacial score (nSPS) is 10.8. The minimum atomic E-state index is -0.257. The highest BCUT2D eigenvalue weighted by Gasteiger charge is 2.11. The van der Waals surface area contributed by atoms with Crippen molar-refractivity contribution in [3.8, 4) is 11.5 Å². The molecule has 0 aliphatic rings. The van der Waals surface area contributed by atoms with Crippen molar-refractivity contribution < 1.29 is 15.0 Å². The summed E-state index contributed by atoms with van der Waals surface area (Å²) in [5.74, 6) is -0.521. The van der Waals surface area contributed by atoms with Gasteiger partial charge in [0.15, 0.2) is 17.3 Å². The van der Waals surface area contributed by atoms with Crippen LogP contribution in [0.2, 0.25) is 0 Å². The SMILES string of the molecule is CCCCN(C)CC(=O)c1ccc(O)c(O)c1. The fourth-order valence-corrected chi connectivity index (χ4v) is 1.54. The van der Waals surface area contributed by atoms with Gasteiger partial charge in [0.2, 0.25) is 0 Å². The fraction of sp³-hybridized carbons (Fsp3) is 0.462. The molecule has 1 rings (SSSR count). The molecule has 94 valence electrons. The molecule has 0 atom stereocenters. The molecule has 0 saturated heterocycles. The number of carbonyl (C=O) groups excluding carboxylic acids is 1. The van der Waals surface area contributed by atoms with E-state index in [0.717, 1.165) is 19.4 Å². The van der Waals surface area contributed by atoms with E-state index in [4.69, 9.17) is 5.11 Å². The van der Waals surface area contributed by atoms with Gasteiger partial charge in [0.25, 0.3) is 0 Å². The summed E-state index contributed by atoms with van der Waals surface area (Å²) in [6.07, 6.45) is 2.16. The van der Waals surface area contributed by atoms with Crippen LogP contribution in [0.4, 0.5) is 0 Å². The van der Waals surface area contributed by atoms with Gasteiger partial charge in [-0.2, -0.15) is 0 Å². The first-order chi connectivity index (χ1) is 8.04. The summed E-state index contributed by atoms with van der Waals surface area (Å²) < 4.78 is 0. The summed E-state index contributed by atoms with van der Waals surface area (Å²) in [5, 5.41) is 18.5. The van der Waals surface area contributed by atoms with Gasteiger partial charge in [-0.1, -0.05) is 13.3 Å². The van der Waals surface area contributed by atoms with Crippen LogP contribution in [0, 0.1) is 0 Å². The van der Waals surface area contributed by atoms with Gasteiger partial charge in [0.1, 0.15) is 0 Å². The van der Waals surface area contributed by atoms with Crippen molar-refractivity contribution in [1.29, 1.82) is 0 Å². The maximum Gasteiger partial charge on any atom is 0.176 e. The molecule has 0 aliphatic carbocycles. The summed E-state index contributed by atoms with van der Waals surface area (Å²) in [6, 6.07) is 4.14. The third-order valence-electron chi connectivity index (χ3n) is 2.60. The van der Waals surface area contributed by atoms with Crippen LogP contribution in [-0.2, 0) is 0 Å². The van der Waals surface area contributed by atoms with Crippen LogP contribution in [0.3, 0.4) is 0 Å². The third kappa shape index (κ3) is 4.07. The zero-order valence-corrected chi connectivity index (χ0v) is 10.3. The Hall–Kier alpha value is -1.55. The number of phenols is 2. The Bertz CT molecular complexity index is 390. The summed E-state index contributed by atoms with van der Waals surface area (Å²) in [4.78, 5) is 13.8. The molecule has 1 aromatic rings. The topological polar surface area (TPSA) is 60.8 Å². The number of hydrogen-bond donors (Lipinski definition) is 2. The van der Waals surface area contributed by atoms with Crippen LogP contribution in [0.1, 0.15) is 30.1 Å². The minimum absolute atomic E-state index is 0.0566. The smallest absolute Gasteiger partial charge is 0.176 e. The third-order valence-corrected chi connectivity index (χ3v) is 2.60. The van der Waals surface area contributed by atoms with Crippen molar-refractivity contribution in [3.05, 3.63) is 23.8 Å². The molecule has 0 heterocycles. The Kier molecular flexibility index (Phi) is 4.97. The van der Waals surface area contributed by atoms with E-state index in [2.05, 4.69) is 6.92 Å². The zero-order chi connectivity index (χ0) is 12.8. The average Bonchev–Trinajstić information content (AvgIpc) is 2.30. The van der Waals surface area contributed by atoms with Crippen LogP contribution in [0.25, 0.3) is 0 Å². The second-order valence-corrected chi connectivity index (χ2v) is 4.22. The number of likely N-dealkylation sites (N-methyl/N-ethyl adjacent to an activating group) is 1. The Morgan fingerprint density at radius 2 is 2.00 bits per heavy atom. The van der Waals surface area contributed by atoms with E-state index < -0.39 is 0 Å². The van der Waals surface area contributed by atoms with E-state index in [1.54, 1.807) is 0 Å². The second-order valence-electron chi connectivity index (χ2n) is 4.22. The molecule has 0 spiro atoms. The lowest BCUT2D eigenvalue weighted by Gasteiger charge is -2.15. The standard InChI is InChI=1S/C13H19NO3/c1-3-4-7-14(2)9-13(17)10-5-6-11(15)12(16)8-10/h5-6,8,15-16H,3-4,7,9H2,1-2H3. The molecule has 0 amide bonds. The highest BCUT2D eigenvalue weighted by molar-refractivity contribution is 5.98. The van der Waals surface area contributed by atoms with Gasteiger partial charge in [-0.25, -0.2) is 0 Å². The number of ketones is 1. The van der Waals surface area contributed by atoms with E-state index in [1.807, 2.05) is 11.9 Å². The minimum Gasteiger partial charge on any atom is -0.504 e. The number of rotatable bonds is 6. The first-order valence-electron chi connectivity index (χ1n) is 5.78. The van der Waals surface area contributed by atoms with Gasteiger partial charge in [-0.15, -0.1) is 0 Å². The van der Waals surface area contributed by atoms with Gasteiger partial charge in [-0.05, 0) is 38.2 Å².